The van der Waals surface area contributed by atoms with Crippen LogP contribution in [0.3, 0.4) is 0 Å². The van der Waals surface area contributed by atoms with E-state index >= 15 is 0 Å². The van der Waals surface area contributed by atoms with Gasteiger partial charge in [0.1, 0.15) is 0 Å². The van der Waals surface area contributed by atoms with Crippen LogP contribution in [-0.4, -0.2) is 22.2 Å². The summed E-state index contributed by atoms with van der Waals surface area (Å²) in [4.78, 5) is 22.4. The van der Waals surface area contributed by atoms with E-state index in [0.29, 0.717) is 0 Å². The zero-order valence-corrected chi connectivity index (χ0v) is 14.0. The second-order valence-electron chi connectivity index (χ2n) is 7.34. The average molecular weight is 324 g/mol. The zero-order valence-electron chi connectivity index (χ0n) is 14.0. The number of aromatic carboxylic acids is 2. The summed E-state index contributed by atoms with van der Waals surface area (Å²) < 4.78 is 0. The highest BCUT2D eigenvalue weighted by Gasteiger charge is 2.45. The topological polar surface area (TPSA) is 74.6 Å². The van der Waals surface area contributed by atoms with Gasteiger partial charge < -0.3 is 10.2 Å². The SMILES string of the molecule is CC1(C)C[C@](C)(c2ccc(C(=O)O)cc2)c2cc(C(=O)O)ccc21. The van der Waals surface area contributed by atoms with Crippen molar-refractivity contribution in [2.45, 2.75) is 38.0 Å². The van der Waals surface area contributed by atoms with Gasteiger partial charge in [-0.1, -0.05) is 39.0 Å². The van der Waals surface area contributed by atoms with E-state index < -0.39 is 11.9 Å². The predicted molar refractivity (Wildman–Crippen MR) is 90.9 cm³/mol. The Labute approximate surface area is 140 Å². The number of hydrogen-bond acceptors (Lipinski definition) is 2. The standard InChI is InChI=1S/C20H20O4/c1-19(2)11-20(3,14-7-4-12(5-8-14)17(21)22)16-10-13(18(23)24)6-9-15(16)19/h4-10H,11H2,1-3H3,(H,21,22)(H,23,24)/t20-/m1/s1. The van der Waals surface area contributed by atoms with E-state index in [1.54, 1.807) is 24.3 Å². The van der Waals surface area contributed by atoms with Crippen molar-refractivity contribution >= 4 is 11.9 Å². The highest BCUT2D eigenvalue weighted by Crippen LogP contribution is 2.52. The second-order valence-corrected chi connectivity index (χ2v) is 7.34. The molecule has 0 amide bonds. The van der Waals surface area contributed by atoms with Crippen molar-refractivity contribution in [3.05, 3.63) is 70.3 Å². The Bertz CT molecular complexity index is 833. The van der Waals surface area contributed by atoms with Crippen molar-refractivity contribution in [1.82, 2.24) is 0 Å². The minimum absolute atomic E-state index is 0.0768. The Hall–Kier alpha value is -2.62. The third kappa shape index (κ3) is 2.39. The Balaban J connectivity index is 2.17. The summed E-state index contributed by atoms with van der Waals surface area (Å²) in [5.41, 5.74) is 3.27. The molecule has 0 radical (unpaired) electrons. The van der Waals surface area contributed by atoms with Crippen LogP contribution >= 0.6 is 0 Å². The Morgan fingerprint density at radius 2 is 1.38 bits per heavy atom. The summed E-state index contributed by atoms with van der Waals surface area (Å²) in [6.07, 6.45) is 0.838. The van der Waals surface area contributed by atoms with E-state index in [9.17, 15) is 14.7 Å². The molecule has 4 heteroatoms. The van der Waals surface area contributed by atoms with Gasteiger partial charge in [0.15, 0.2) is 0 Å². The molecule has 24 heavy (non-hydrogen) atoms. The third-order valence-corrected chi connectivity index (χ3v) is 5.15. The van der Waals surface area contributed by atoms with Crippen LogP contribution in [0, 0.1) is 0 Å². The first kappa shape index (κ1) is 16.2. The minimum atomic E-state index is -0.952. The molecule has 1 aliphatic carbocycles. The van der Waals surface area contributed by atoms with Crippen molar-refractivity contribution < 1.29 is 19.8 Å². The van der Waals surface area contributed by atoms with Gasteiger partial charge in [0, 0.05) is 5.41 Å². The van der Waals surface area contributed by atoms with Gasteiger partial charge in [0.2, 0.25) is 0 Å². The van der Waals surface area contributed by atoms with Gasteiger partial charge in [-0.15, -0.1) is 0 Å². The first-order chi connectivity index (χ1) is 11.1. The van der Waals surface area contributed by atoms with Crippen LogP contribution in [-0.2, 0) is 10.8 Å². The molecule has 0 saturated carbocycles. The molecule has 124 valence electrons. The summed E-state index contributed by atoms with van der Waals surface area (Å²) >= 11 is 0. The molecular weight excluding hydrogens is 304 g/mol. The molecule has 2 aromatic rings. The number of hydrogen-bond donors (Lipinski definition) is 2. The molecule has 0 aromatic heterocycles. The lowest BCUT2D eigenvalue weighted by atomic mass is 9.75. The molecule has 0 bridgehead atoms. The maximum absolute atomic E-state index is 11.4. The molecule has 0 saturated heterocycles. The van der Waals surface area contributed by atoms with Crippen LogP contribution in [0.5, 0.6) is 0 Å². The maximum Gasteiger partial charge on any atom is 0.335 e. The van der Waals surface area contributed by atoms with Crippen molar-refractivity contribution in [3.63, 3.8) is 0 Å². The first-order valence-corrected chi connectivity index (χ1v) is 7.87. The van der Waals surface area contributed by atoms with E-state index in [4.69, 9.17) is 5.11 Å². The molecule has 4 nitrogen and oxygen atoms in total. The van der Waals surface area contributed by atoms with Gasteiger partial charge in [0.05, 0.1) is 11.1 Å². The molecule has 1 aliphatic rings. The van der Waals surface area contributed by atoms with Gasteiger partial charge in [-0.25, -0.2) is 9.59 Å². The quantitative estimate of drug-likeness (QED) is 0.892. The monoisotopic (exact) mass is 324 g/mol. The summed E-state index contributed by atoms with van der Waals surface area (Å²) in [7, 11) is 0. The van der Waals surface area contributed by atoms with Crippen molar-refractivity contribution in [1.29, 1.82) is 0 Å². The van der Waals surface area contributed by atoms with Gasteiger partial charge in [-0.3, -0.25) is 0 Å². The highest BCUT2D eigenvalue weighted by molar-refractivity contribution is 5.88. The van der Waals surface area contributed by atoms with E-state index in [-0.39, 0.29) is 22.0 Å². The van der Waals surface area contributed by atoms with E-state index in [2.05, 4.69) is 20.8 Å². The van der Waals surface area contributed by atoms with E-state index in [1.807, 2.05) is 18.2 Å². The lowest BCUT2D eigenvalue weighted by molar-refractivity contribution is 0.0686. The molecule has 3 rings (SSSR count). The fourth-order valence-corrected chi connectivity index (χ4v) is 4.04. The van der Waals surface area contributed by atoms with Crippen molar-refractivity contribution in [2.75, 3.05) is 0 Å². The molecule has 1 atom stereocenters. The van der Waals surface area contributed by atoms with Crippen LogP contribution in [0.2, 0.25) is 0 Å². The van der Waals surface area contributed by atoms with Gasteiger partial charge in [0.25, 0.3) is 0 Å². The first-order valence-electron chi connectivity index (χ1n) is 7.87. The van der Waals surface area contributed by atoms with Crippen LogP contribution in [0.1, 0.15) is 64.6 Å². The lowest BCUT2D eigenvalue weighted by Crippen LogP contribution is -2.23. The van der Waals surface area contributed by atoms with Crippen LogP contribution in [0.25, 0.3) is 0 Å². The van der Waals surface area contributed by atoms with Crippen molar-refractivity contribution in [3.8, 4) is 0 Å². The second kappa shape index (κ2) is 5.20. The smallest absolute Gasteiger partial charge is 0.335 e. The van der Waals surface area contributed by atoms with Gasteiger partial charge in [-0.05, 0) is 52.8 Å². The summed E-state index contributed by atoms with van der Waals surface area (Å²) in [6.45, 7) is 6.41. The Kier molecular flexibility index (Phi) is 3.52. The Morgan fingerprint density at radius 1 is 0.833 bits per heavy atom. The number of carboxylic acids is 2. The molecule has 0 heterocycles. The van der Waals surface area contributed by atoms with Gasteiger partial charge in [-0.2, -0.15) is 0 Å². The minimum Gasteiger partial charge on any atom is -0.478 e. The van der Waals surface area contributed by atoms with Gasteiger partial charge >= 0.3 is 11.9 Å². The molecule has 2 N–H and O–H groups in total. The van der Waals surface area contributed by atoms with Crippen LogP contribution in [0.15, 0.2) is 42.5 Å². The third-order valence-electron chi connectivity index (χ3n) is 5.15. The lowest BCUT2D eigenvalue weighted by Gasteiger charge is -2.28. The molecule has 2 aromatic carbocycles. The fourth-order valence-electron chi connectivity index (χ4n) is 4.04. The average Bonchev–Trinajstić information content (AvgIpc) is 2.74. The predicted octanol–water partition coefficient (Wildman–Crippen LogP) is 4.07. The van der Waals surface area contributed by atoms with E-state index in [1.165, 1.54) is 0 Å². The number of carbonyl (C=O) groups is 2. The van der Waals surface area contributed by atoms with E-state index in [0.717, 1.165) is 23.1 Å². The summed E-state index contributed by atoms with van der Waals surface area (Å²) in [6, 6.07) is 12.2. The molecule has 0 spiro atoms. The fraction of sp³-hybridized carbons (Fsp3) is 0.300. The molecular formula is C20H20O4. The number of benzene rings is 2. The highest BCUT2D eigenvalue weighted by atomic mass is 16.4. The zero-order chi connectivity index (χ0) is 17.7. The summed E-state index contributed by atoms with van der Waals surface area (Å²) in [5.74, 6) is -1.89. The van der Waals surface area contributed by atoms with Crippen molar-refractivity contribution in [2.24, 2.45) is 0 Å². The summed E-state index contributed by atoms with van der Waals surface area (Å²) in [5, 5.41) is 18.4. The Morgan fingerprint density at radius 3 is 1.92 bits per heavy atom. The number of carboxylic acid groups (broad SMARTS) is 2. The number of rotatable bonds is 3. The largest absolute Gasteiger partial charge is 0.478 e. The molecule has 0 fully saturated rings. The molecule has 0 unspecified atom stereocenters. The number of fused-ring (bicyclic) bond motifs is 1. The maximum atomic E-state index is 11.4. The van der Waals surface area contributed by atoms with Crippen LogP contribution in [0.4, 0.5) is 0 Å². The normalized spacial score (nSPS) is 21.3. The van der Waals surface area contributed by atoms with Crippen LogP contribution < -0.4 is 0 Å². The molecule has 0 aliphatic heterocycles.